The summed E-state index contributed by atoms with van der Waals surface area (Å²) < 4.78 is 5.16. The van der Waals surface area contributed by atoms with Crippen LogP contribution in [0.4, 0.5) is 17.5 Å². The number of Topliss-reactive ketones (excluding diaryl/α,β-unsaturated/α-hetero) is 1. The zero-order chi connectivity index (χ0) is 19.1. The average Bonchev–Trinajstić information content (AvgIpc) is 2.69. The van der Waals surface area contributed by atoms with Gasteiger partial charge < -0.3 is 15.4 Å². The molecule has 0 radical (unpaired) electrons. The molecular weight excluding hydrogens is 342 g/mol. The van der Waals surface area contributed by atoms with Crippen molar-refractivity contribution in [2.75, 3.05) is 24.3 Å². The van der Waals surface area contributed by atoms with Gasteiger partial charge in [-0.2, -0.15) is 10.1 Å². The molecule has 0 saturated carbocycles. The van der Waals surface area contributed by atoms with Crippen LogP contribution in [0.1, 0.15) is 22.8 Å². The van der Waals surface area contributed by atoms with Crippen molar-refractivity contribution >= 4 is 23.2 Å². The molecule has 0 fully saturated rings. The molecule has 7 nitrogen and oxygen atoms in total. The highest BCUT2D eigenvalue weighted by molar-refractivity contribution is 5.94. The summed E-state index contributed by atoms with van der Waals surface area (Å²) in [6.45, 7) is 2.26. The highest BCUT2D eigenvalue weighted by Gasteiger charge is 2.03. The van der Waals surface area contributed by atoms with E-state index < -0.39 is 0 Å². The number of nitrogens with zero attached hydrogens (tertiary/aromatic N) is 3. The predicted octanol–water partition coefficient (Wildman–Crippen LogP) is 3.48. The lowest BCUT2D eigenvalue weighted by molar-refractivity contribution is 0.101. The van der Waals surface area contributed by atoms with Gasteiger partial charge in [0.05, 0.1) is 13.3 Å². The van der Waals surface area contributed by atoms with E-state index in [1.807, 2.05) is 36.4 Å². The molecule has 0 amide bonds. The molecule has 2 N–H and O–H groups in total. The van der Waals surface area contributed by atoms with Crippen LogP contribution in [0.2, 0.25) is 0 Å². The third-order valence-electron chi connectivity index (χ3n) is 3.99. The van der Waals surface area contributed by atoms with Gasteiger partial charge in [-0.15, -0.1) is 5.10 Å². The number of carbonyl (C=O) groups is 1. The number of rotatable bonds is 8. The zero-order valence-electron chi connectivity index (χ0n) is 15.3. The summed E-state index contributed by atoms with van der Waals surface area (Å²) in [5.74, 6) is 1.91. The first-order valence-corrected chi connectivity index (χ1v) is 8.58. The van der Waals surface area contributed by atoms with E-state index in [-0.39, 0.29) is 5.78 Å². The zero-order valence-corrected chi connectivity index (χ0v) is 15.3. The maximum atomic E-state index is 11.3. The number of nitrogens with one attached hydrogen (secondary N) is 2. The standard InChI is InChI=1S/C20H21N5O2/c1-14(26)16-5-7-17(8-6-16)23-20-24-19(13-22-25-20)21-12-11-15-3-9-18(27-2)10-4-15/h3-10,13H,11-12H2,1-2H3,(H2,21,23,24,25). The number of methoxy groups -OCH3 is 1. The quantitative estimate of drug-likeness (QED) is 0.592. The van der Waals surface area contributed by atoms with Crippen molar-refractivity contribution in [3.05, 3.63) is 65.9 Å². The molecule has 3 rings (SSSR count). The van der Waals surface area contributed by atoms with Crippen LogP contribution in [0.15, 0.2) is 54.7 Å². The monoisotopic (exact) mass is 363 g/mol. The smallest absolute Gasteiger partial charge is 0.249 e. The molecule has 0 aliphatic rings. The van der Waals surface area contributed by atoms with Crippen LogP contribution in [0, 0.1) is 0 Å². The largest absolute Gasteiger partial charge is 0.497 e. The van der Waals surface area contributed by atoms with Crippen molar-refractivity contribution in [1.29, 1.82) is 0 Å². The number of hydrogen-bond acceptors (Lipinski definition) is 7. The Morgan fingerprint density at radius 3 is 2.48 bits per heavy atom. The minimum atomic E-state index is 0.0301. The van der Waals surface area contributed by atoms with Gasteiger partial charge in [0.25, 0.3) is 0 Å². The fraction of sp³-hybridized carbons (Fsp3) is 0.200. The molecule has 0 atom stereocenters. The Labute approximate surface area is 157 Å². The number of hydrogen-bond donors (Lipinski definition) is 2. The van der Waals surface area contributed by atoms with Crippen molar-refractivity contribution < 1.29 is 9.53 Å². The van der Waals surface area contributed by atoms with Gasteiger partial charge in [0.2, 0.25) is 5.95 Å². The molecule has 1 heterocycles. The van der Waals surface area contributed by atoms with Crippen molar-refractivity contribution in [3.63, 3.8) is 0 Å². The van der Waals surface area contributed by atoms with Crippen molar-refractivity contribution in [3.8, 4) is 5.75 Å². The number of ketones is 1. The summed E-state index contributed by atoms with van der Waals surface area (Å²) in [5, 5.41) is 14.3. The molecule has 0 bridgehead atoms. The number of benzene rings is 2. The van der Waals surface area contributed by atoms with Crippen LogP contribution in [0.3, 0.4) is 0 Å². The summed E-state index contributed by atoms with van der Waals surface area (Å²) in [6, 6.07) is 15.1. The second-order valence-electron chi connectivity index (χ2n) is 5.95. The van der Waals surface area contributed by atoms with E-state index >= 15 is 0 Å². The fourth-order valence-corrected chi connectivity index (χ4v) is 2.49. The van der Waals surface area contributed by atoms with E-state index in [4.69, 9.17) is 4.74 Å². The second kappa shape index (κ2) is 8.75. The van der Waals surface area contributed by atoms with Gasteiger partial charge >= 0.3 is 0 Å². The minimum absolute atomic E-state index is 0.0301. The van der Waals surface area contributed by atoms with Gasteiger partial charge in [-0.05, 0) is 55.3 Å². The first-order chi connectivity index (χ1) is 13.1. The van der Waals surface area contributed by atoms with Gasteiger partial charge in [-0.3, -0.25) is 4.79 Å². The Balaban J connectivity index is 1.55. The van der Waals surface area contributed by atoms with Gasteiger partial charge in [0, 0.05) is 17.8 Å². The summed E-state index contributed by atoms with van der Waals surface area (Å²) in [6.07, 6.45) is 2.43. The molecule has 27 heavy (non-hydrogen) atoms. The maximum Gasteiger partial charge on any atom is 0.249 e. The lowest BCUT2D eigenvalue weighted by Gasteiger charge is -2.08. The van der Waals surface area contributed by atoms with Crippen LogP contribution in [-0.2, 0) is 6.42 Å². The molecule has 0 unspecified atom stereocenters. The van der Waals surface area contributed by atoms with E-state index in [0.717, 1.165) is 24.4 Å². The van der Waals surface area contributed by atoms with Gasteiger partial charge in [0.1, 0.15) is 5.75 Å². The second-order valence-corrected chi connectivity index (χ2v) is 5.95. The molecule has 7 heteroatoms. The van der Waals surface area contributed by atoms with Crippen LogP contribution in [0.5, 0.6) is 5.75 Å². The molecule has 138 valence electrons. The molecule has 0 spiro atoms. The number of carbonyl (C=O) groups excluding carboxylic acids is 1. The third kappa shape index (κ3) is 5.24. The van der Waals surface area contributed by atoms with Gasteiger partial charge in [-0.25, -0.2) is 0 Å². The van der Waals surface area contributed by atoms with Crippen LogP contribution >= 0.6 is 0 Å². The van der Waals surface area contributed by atoms with Crippen LogP contribution in [0.25, 0.3) is 0 Å². The highest BCUT2D eigenvalue weighted by atomic mass is 16.5. The van der Waals surface area contributed by atoms with Gasteiger partial charge in [-0.1, -0.05) is 12.1 Å². The highest BCUT2D eigenvalue weighted by Crippen LogP contribution is 2.15. The lowest BCUT2D eigenvalue weighted by atomic mass is 10.1. The Bertz CT molecular complexity index is 895. The normalized spacial score (nSPS) is 10.3. The molecule has 2 aromatic carbocycles. The SMILES string of the molecule is COc1ccc(CCNc2cnnc(Nc3ccc(C(C)=O)cc3)n2)cc1. The number of aromatic nitrogens is 3. The van der Waals surface area contributed by atoms with E-state index in [1.54, 1.807) is 25.4 Å². The summed E-state index contributed by atoms with van der Waals surface area (Å²) >= 11 is 0. The Hall–Kier alpha value is -3.48. The lowest BCUT2D eigenvalue weighted by Crippen LogP contribution is -2.08. The minimum Gasteiger partial charge on any atom is -0.497 e. The molecule has 0 aliphatic heterocycles. The molecule has 3 aromatic rings. The van der Waals surface area contributed by atoms with Crippen LogP contribution in [-0.4, -0.2) is 34.6 Å². The van der Waals surface area contributed by atoms with Gasteiger partial charge in [0.15, 0.2) is 11.6 Å². The van der Waals surface area contributed by atoms with E-state index in [2.05, 4.69) is 25.8 Å². The van der Waals surface area contributed by atoms with Crippen molar-refractivity contribution in [2.24, 2.45) is 0 Å². The Morgan fingerprint density at radius 1 is 1.07 bits per heavy atom. The van der Waals surface area contributed by atoms with E-state index in [9.17, 15) is 4.79 Å². The Kier molecular flexibility index (Phi) is 5.94. The topological polar surface area (TPSA) is 89.0 Å². The predicted molar refractivity (Wildman–Crippen MR) is 105 cm³/mol. The molecule has 0 aliphatic carbocycles. The van der Waals surface area contributed by atoms with E-state index in [1.165, 1.54) is 12.5 Å². The maximum absolute atomic E-state index is 11.3. The van der Waals surface area contributed by atoms with Crippen molar-refractivity contribution in [2.45, 2.75) is 13.3 Å². The first kappa shape index (κ1) is 18.3. The third-order valence-corrected chi connectivity index (χ3v) is 3.99. The van der Waals surface area contributed by atoms with Crippen LogP contribution < -0.4 is 15.4 Å². The number of ether oxygens (including phenoxy) is 1. The van der Waals surface area contributed by atoms with E-state index in [0.29, 0.717) is 17.3 Å². The molecular formula is C20H21N5O2. The summed E-state index contributed by atoms with van der Waals surface area (Å²) in [7, 11) is 1.65. The Morgan fingerprint density at radius 2 is 1.81 bits per heavy atom. The van der Waals surface area contributed by atoms with Crippen molar-refractivity contribution in [1.82, 2.24) is 15.2 Å². The average molecular weight is 363 g/mol. The first-order valence-electron chi connectivity index (χ1n) is 8.58. The molecule has 1 aromatic heterocycles. The summed E-state index contributed by atoms with van der Waals surface area (Å²) in [5.41, 5.74) is 2.65. The summed E-state index contributed by atoms with van der Waals surface area (Å²) in [4.78, 5) is 15.7. The molecule has 0 saturated heterocycles. The fourth-order valence-electron chi connectivity index (χ4n) is 2.49. The number of anilines is 3.